The topological polar surface area (TPSA) is 46.5 Å². The van der Waals surface area contributed by atoms with Crippen molar-refractivity contribution in [3.8, 4) is 0 Å². The Morgan fingerprint density at radius 3 is 2.45 bits per heavy atom. The molecule has 3 heteroatoms. The minimum absolute atomic E-state index is 0.0486. The van der Waals surface area contributed by atoms with E-state index in [1.165, 1.54) is 0 Å². The van der Waals surface area contributed by atoms with Gasteiger partial charge in [0.05, 0.1) is 0 Å². The van der Waals surface area contributed by atoms with Crippen LogP contribution in [-0.2, 0) is 6.42 Å². The Morgan fingerprint density at radius 2 is 1.91 bits per heavy atom. The van der Waals surface area contributed by atoms with Gasteiger partial charge in [-0.15, -0.1) is 0 Å². The van der Waals surface area contributed by atoms with Crippen LogP contribution in [0.4, 0.5) is 0 Å². The van der Waals surface area contributed by atoms with Gasteiger partial charge in [0, 0.05) is 6.54 Å². The van der Waals surface area contributed by atoms with Crippen LogP contribution in [0.1, 0.15) is 5.56 Å². The first kappa shape index (κ1) is 8.20. The molecule has 60 valence electrons. The van der Waals surface area contributed by atoms with Gasteiger partial charge in [-0.2, -0.15) is 0 Å². The third-order valence-corrected chi connectivity index (χ3v) is 1.43. The molecule has 1 rings (SSSR count). The summed E-state index contributed by atoms with van der Waals surface area (Å²) in [6, 6.07) is 9.56. The Hall–Kier alpha value is -0.900. The second kappa shape index (κ2) is 4.08. The van der Waals surface area contributed by atoms with Gasteiger partial charge in [-0.05, 0) is 12.0 Å². The van der Waals surface area contributed by atoms with E-state index in [2.05, 4.69) is 0 Å². The van der Waals surface area contributed by atoms with Crippen molar-refractivity contribution in [3.05, 3.63) is 41.1 Å². The van der Waals surface area contributed by atoms with Crippen molar-refractivity contribution < 1.29 is 5.21 Å². The Morgan fingerprint density at radius 1 is 1.27 bits per heavy atom. The molecule has 0 spiro atoms. The molecule has 0 unspecified atom stereocenters. The Bertz CT molecular complexity index is 199. The van der Waals surface area contributed by atoms with E-state index in [0.29, 0.717) is 6.42 Å². The highest BCUT2D eigenvalue weighted by atomic mass is 16.8. The van der Waals surface area contributed by atoms with Crippen molar-refractivity contribution in [1.82, 2.24) is 5.23 Å². The fourth-order valence-corrected chi connectivity index (χ4v) is 0.869. The molecule has 1 aromatic rings. The summed E-state index contributed by atoms with van der Waals surface area (Å²) in [4.78, 5) is 0. The Balaban J connectivity index is 2.39. The lowest BCUT2D eigenvalue weighted by Gasteiger charge is -2.18. The molecule has 0 atom stereocenters. The average molecular weight is 152 g/mol. The summed E-state index contributed by atoms with van der Waals surface area (Å²) < 4.78 is 0. The summed E-state index contributed by atoms with van der Waals surface area (Å²) in [5.41, 5.74) is 1.06. The maximum absolute atomic E-state index is 10.1. The van der Waals surface area contributed by atoms with Crippen LogP contribution in [0.15, 0.2) is 30.3 Å². The molecule has 0 aliphatic rings. The van der Waals surface area contributed by atoms with Crippen LogP contribution in [0.25, 0.3) is 0 Å². The largest absolute Gasteiger partial charge is 0.762 e. The molecule has 0 saturated heterocycles. The monoisotopic (exact) mass is 152 g/mol. The second-order valence-corrected chi connectivity index (χ2v) is 2.31. The highest BCUT2D eigenvalue weighted by Gasteiger charge is 1.89. The van der Waals surface area contributed by atoms with Gasteiger partial charge in [-0.1, -0.05) is 30.3 Å². The van der Waals surface area contributed by atoms with Crippen LogP contribution < -0.4 is 0 Å². The quantitative estimate of drug-likeness (QED) is 0.666. The molecule has 0 saturated carbocycles. The molecule has 0 aromatic heterocycles. The molecule has 1 aromatic carbocycles. The molecule has 0 bridgehead atoms. The number of hydroxylamine groups is 2. The summed E-state index contributed by atoms with van der Waals surface area (Å²) in [5.74, 6) is 0. The van der Waals surface area contributed by atoms with Crippen molar-refractivity contribution in [3.63, 3.8) is 0 Å². The van der Waals surface area contributed by atoms with Crippen molar-refractivity contribution in [1.29, 1.82) is 0 Å². The number of hydrogen-bond donors (Lipinski definition) is 1. The average Bonchev–Trinajstić information content (AvgIpc) is 2.03. The van der Waals surface area contributed by atoms with Crippen LogP contribution in [-0.4, -0.2) is 17.0 Å². The van der Waals surface area contributed by atoms with Crippen LogP contribution in [0.5, 0.6) is 0 Å². The van der Waals surface area contributed by atoms with E-state index in [1.807, 2.05) is 30.3 Å². The highest BCUT2D eigenvalue weighted by molar-refractivity contribution is 5.14. The lowest BCUT2D eigenvalue weighted by Crippen LogP contribution is -2.13. The minimum atomic E-state index is -0.0486. The SMILES string of the molecule is [O-]N(O)CCc1ccccc1. The van der Waals surface area contributed by atoms with E-state index in [9.17, 15) is 5.21 Å². The highest BCUT2D eigenvalue weighted by Crippen LogP contribution is 1.99. The van der Waals surface area contributed by atoms with Gasteiger partial charge in [0.25, 0.3) is 0 Å². The summed E-state index contributed by atoms with van der Waals surface area (Å²) in [6.07, 6.45) is 0.584. The van der Waals surface area contributed by atoms with Gasteiger partial charge in [0.2, 0.25) is 0 Å². The van der Waals surface area contributed by atoms with Crippen molar-refractivity contribution in [2.24, 2.45) is 0 Å². The minimum Gasteiger partial charge on any atom is -0.762 e. The predicted octanol–water partition coefficient (Wildman–Crippen LogP) is 1.42. The molecule has 0 aliphatic carbocycles. The molecule has 3 nitrogen and oxygen atoms in total. The molecule has 11 heavy (non-hydrogen) atoms. The van der Waals surface area contributed by atoms with E-state index in [1.54, 1.807) is 0 Å². The molecule has 0 amide bonds. The summed E-state index contributed by atoms with van der Waals surface area (Å²) in [7, 11) is 0. The summed E-state index contributed by atoms with van der Waals surface area (Å²) >= 11 is 0. The standard InChI is InChI=1S/C8H10NO2/c10-9(11)7-6-8-4-2-1-3-5-8/h1-5,10H,6-7H2/q-1. The van der Waals surface area contributed by atoms with Crippen LogP contribution >= 0.6 is 0 Å². The number of rotatable bonds is 3. The zero-order chi connectivity index (χ0) is 8.10. The van der Waals surface area contributed by atoms with Gasteiger partial charge in [-0.25, -0.2) is 0 Å². The summed E-state index contributed by atoms with van der Waals surface area (Å²) in [5, 5.41) is 18.3. The maximum atomic E-state index is 10.1. The zero-order valence-corrected chi connectivity index (χ0v) is 6.10. The lowest BCUT2D eigenvalue weighted by atomic mass is 10.2. The number of benzene rings is 1. The van der Waals surface area contributed by atoms with E-state index in [0.717, 1.165) is 5.56 Å². The van der Waals surface area contributed by atoms with Crippen LogP contribution in [0.2, 0.25) is 0 Å². The molecule has 0 heterocycles. The van der Waals surface area contributed by atoms with Gasteiger partial charge >= 0.3 is 0 Å². The Kier molecular flexibility index (Phi) is 3.04. The van der Waals surface area contributed by atoms with Crippen LogP contribution in [0.3, 0.4) is 0 Å². The first-order valence-electron chi connectivity index (χ1n) is 3.46. The Labute approximate surface area is 65.4 Å². The van der Waals surface area contributed by atoms with Gasteiger partial charge in [-0.3, -0.25) is 5.23 Å². The normalized spacial score (nSPS) is 10.5. The first-order chi connectivity index (χ1) is 5.29. The summed E-state index contributed by atoms with van der Waals surface area (Å²) in [6.45, 7) is 0.129. The van der Waals surface area contributed by atoms with Crippen molar-refractivity contribution >= 4 is 0 Å². The van der Waals surface area contributed by atoms with Gasteiger partial charge in [0.15, 0.2) is 0 Å². The predicted molar refractivity (Wildman–Crippen MR) is 42.0 cm³/mol. The van der Waals surface area contributed by atoms with Crippen LogP contribution in [0, 0.1) is 5.21 Å². The van der Waals surface area contributed by atoms with E-state index in [4.69, 9.17) is 5.21 Å². The van der Waals surface area contributed by atoms with E-state index in [-0.39, 0.29) is 11.8 Å². The first-order valence-corrected chi connectivity index (χ1v) is 3.46. The van der Waals surface area contributed by atoms with Crippen molar-refractivity contribution in [2.75, 3.05) is 6.54 Å². The second-order valence-electron chi connectivity index (χ2n) is 2.31. The van der Waals surface area contributed by atoms with Gasteiger partial charge < -0.3 is 10.4 Å². The fraction of sp³-hybridized carbons (Fsp3) is 0.250. The zero-order valence-electron chi connectivity index (χ0n) is 6.10. The third kappa shape index (κ3) is 3.13. The molecular weight excluding hydrogens is 142 g/mol. The van der Waals surface area contributed by atoms with E-state index >= 15 is 0 Å². The molecule has 0 radical (unpaired) electrons. The van der Waals surface area contributed by atoms with Gasteiger partial charge in [0.1, 0.15) is 0 Å². The fourth-order valence-electron chi connectivity index (χ4n) is 0.869. The lowest BCUT2D eigenvalue weighted by molar-refractivity contribution is -0.0391. The molecule has 1 N–H and O–H groups in total. The number of nitrogens with zero attached hydrogens (tertiary/aromatic N) is 1. The van der Waals surface area contributed by atoms with Crippen molar-refractivity contribution in [2.45, 2.75) is 6.42 Å². The molecule has 0 aliphatic heterocycles. The third-order valence-electron chi connectivity index (χ3n) is 1.43. The molecule has 0 fully saturated rings. The number of hydrogen-bond acceptors (Lipinski definition) is 3. The molecular formula is C8H10NO2-. The maximum Gasteiger partial charge on any atom is 0.0144 e. The smallest absolute Gasteiger partial charge is 0.0144 e. The van der Waals surface area contributed by atoms with E-state index < -0.39 is 0 Å².